The number of rotatable bonds is 5. The molecule has 8 nitrogen and oxygen atoms in total. The number of nitrogens with one attached hydrogen (secondary N) is 2. The molecule has 2 aromatic rings. The Balaban J connectivity index is 1.22. The highest BCUT2D eigenvalue weighted by atomic mass is 32.2. The fourth-order valence-corrected chi connectivity index (χ4v) is 7.73. The zero-order valence-corrected chi connectivity index (χ0v) is 19.4. The molecule has 1 saturated carbocycles. The summed E-state index contributed by atoms with van der Waals surface area (Å²) in [6, 6.07) is 1.33. The number of hydrogen-bond donors (Lipinski definition) is 2. The second-order valence-corrected chi connectivity index (χ2v) is 12.3. The molecule has 1 aliphatic carbocycles. The van der Waals surface area contributed by atoms with Crippen LogP contribution in [0.1, 0.15) is 50.3 Å². The summed E-state index contributed by atoms with van der Waals surface area (Å²) >= 11 is 0. The predicted octanol–water partition coefficient (Wildman–Crippen LogP) is 2.46. The van der Waals surface area contributed by atoms with Crippen molar-refractivity contribution in [3.8, 4) is 0 Å². The summed E-state index contributed by atoms with van der Waals surface area (Å²) in [5.41, 5.74) is 1.59. The van der Waals surface area contributed by atoms with Crippen molar-refractivity contribution in [1.29, 1.82) is 0 Å². The van der Waals surface area contributed by atoms with Gasteiger partial charge in [-0.3, -0.25) is 0 Å². The Morgan fingerprint density at radius 3 is 2.76 bits per heavy atom. The van der Waals surface area contributed by atoms with Crippen LogP contribution >= 0.6 is 0 Å². The number of halogens is 2. The molecule has 180 valence electrons. The van der Waals surface area contributed by atoms with Gasteiger partial charge in [0.15, 0.2) is 0 Å². The minimum atomic E-state index is -3.38. The molecule has 3 saturated heterocycles. The van der Waals surface area contributed by atoms with Crippen LogP contribution in [0.15, 0.2) is 12.3 Å². The second-order valence-electron chi connectivity index (χ2n) is 10.1. The summed E-state index contributed by atoms with van der Waals surface area (Å²) in [4.78, 5) is 9.03. The summed E-state index contributed by atoms with van der Waals surface area (Å²) in [6.45, 7) is 2.10. The highest BCUT2D eigenvalue weighted by Crippen LogP contribution is 2.39. The van der Waals surface area contributed by atoms with Crippen molar-refractivity contribution >= 4 is 27.0 Å². The SMILES string of the molecule is Cc1cc2cnc(N[C@@H]3CCN(S(=O)(=O)C4CC4)C[C@H]3F)nc2n1[C@@H]1C[C@H]2CC[C@H](N2)[C@@H]1F. The summed E-state index contributed by atoms with van der Waals surface area (Å²) < 4.78 is 58.4. The molecule has 0 spiro atoms. The Morgan fingerprint density at radius 1 is 1.18 bits per heavy atom. The topological polar surface area (TPSA) is 92.2 Å². The van der Waals surface area contributed by atoms with Crippen LogP contribution in [0.4, 0.5) is 14.7 Å². The highest BCUT2D eigenvalue weighted by Gasteiger charge is 2.45. The molecule has 2 bridgehead atoms. The largest absolute Gasteiger partial charge is 0.348 e. The maximum atomic E-state index is 15.3. The van der Waals surface area contributed by atoms with E-state index in [4.69, 9.17) is 0 Å². The lowest BCUT2D eigenvalue weighted by Crippen LogP contribution is -2.50. The van der Waals surface area contributed by atoms with Gasteiger partial charge in [0.25, 0.3) is 0 Å². The normalized spacial score (nSPS) is 35.2. The highest BCUT2D eigenvalue weighted by molar-refractivity contribution is 7.90. The molecule has 6 rings (SSSR count). The van der Waals surface area contributed by atoms with E-state index in [9.17, 15) is 12.8 Å². The molecule has 4 fully saturated rings. The Hall–Kier alpha value is -1.85. The molecule has 2 aromatic heterocycles. The zero-order valence-electron chi connectivity index (χ0n) is 18.6. The number of sulfonamides is 1. The molecule has 0 aromatic carbocycles. The number of piperidine rings is 2. The van der Waals surface area contributed by atoms with Gasteiger partial charge >= 0.3 is 0 Å². The van der Waals surface area contributed by atoms with Crippen molar-refractivity contribution in [3.63, 3.8) is 0 Å². The third-order valence-corrected chi connectivity index (χ3v) is 10.1. The van der Waals surface area contributed by atoms with Crippen LogP contribution in [0.25, 0.3) is 11.0 Å². The van der Waals surface area contributed by atoms with E-state index in [2.05, 4.69) is 20.6 Å². The van der Waals surface area contributed by atoms with Gasteiger partial charge in [0, 0.05) is 42.5 Å². The molecule has 0 unspecified atom stereocenters. The summed E-state index contributed by atoms with van der Waals surface area (Å²) in [5.74, 6) is 0.292. The maximum Gasteiger partial charge on any atom is 0.224 e. The maximum absolute atomic E-state index is 15.3. The van der Waals surface area contributed by atoms with Crippen molar-refractivity contribution in [2.24, 2.45) is 0 Å². The predicted molar refractivity (Wildman–Crippen MR) is 121 cm³/mol. The number of hydrogen-bond acceptors (Lipinski definition) is 6. The summed E-state index contributed by atoms with van der Waals surface area (Å²) in [6.07, 6.45) is 3.61. The lowest BCUT2D eigenvalue weighted by molar-refractivity contribution is 0.139. The lowest BCUT2D eigenvalue weighted by Gasteiger charge is -2.35. The standard InChI is InChI=1S/C22H30F2N6O2S/c1-12-8-13-10-25-22(27-17-6-7-29(11-16(17)23)33(31,32)15-3-4-15)28-21(13)30(12)19-9-14-2-5-18(26-14)20(19)24/h8,10,14-20,26H,2-7,9,11H2,1H3,(H,25,27,28)/t14-,16-,17-,18+,19-,20+/m1/s1. The molecule has 6 atom stereocenters. The number of fused-ring (bicyclic) bond motifs is 3. The van der Waals surface area contributed by atoms with Gasteiger partial charge in [-0.1, -0.05) is 0 Å². The molecule has 4 aliphatic rings. The van der Waals surface area contributed by atoms with Crippen LogP contribution in [-0.2, 0) is 10.0 Å². The molecule has 3 aliphatic heterocycles. The minimum Gasteiger partial charge on any atom is -0.348 e. The number of nitrogens with zero attached hydrogens (tertiary/aromatic N) is 4. The first-order chi connectivity index (χ1) is 15.8. The molecular formula is C22H30F2N6O2S. The van der Waals surface area contributed by atoms with E-state index >= 15 is 4.39 Å². The first kappa shape index (κ1) is 21.7. The van der Waals surface area contributed by atoms with Crippen LogP contribution in [-0.4, -0.2) is 76.1 Å². The fourth-order valence-electron chi connectivity index (χ4n) is 5.86. The molecule has 5 heterocycles. The molecule has 33 heavy (non-hydrogen) atoms. The molecule has 2 N–H and O–H groups in total. The van der Waals surface area contributed by atoms with Gasteiger partial charge < -0.3 is 15.2 Å². The van der Waals surface area contributed by atoms with E-state index in [-0.39, 0.29) is 30.4 Å². The van der Waals surface area contributed by atoms with Crippen LogP contribution in [0.2, 0.25) is 0 Å². The molecule has 0 amide bonds. The summed E-state index contributed by atoms with van der Waals surface area (Å²) in [7, 11) is -3.38. The average molecular weight is 481 g/mol. The smallest absolute Gasteiger partial charge is 0.224 e. The first-order valence-corrected chi connectivity index (χ1v) is 13.5. The van der Waals surface area contributed by atoms with Crippen LogP contribution < -0.4 is 10.6 Å². The number of aromatic nitrogens is 3. The van der Waals surface area contributed by atoms with Crippen molar-refractivity contribution < 1.29 is 17.2 Å². The Bertz CT molecular complexity index is 1170. The van der Waals surface area contributed by atoms with E-state index in [1.807, 2.05) is 17.6 Å². The van der Waals surface area contributed by atoms with E-state index in [0.717, 1.165) is 30.3 Å². The van der Waals surface area contributed by atoms with E-state index < -0.39 is 28.4 Å². The Labute approximate surface area is 192 Å². The third kappa shape index (κ3) is 3.72. The van der Waals surface area contributed by atoms with E-state index in [0.29, 0.717) is 36.9 Å². The van der Waals surface area contributed by atoms with Crippen LogP contribution in [0.3, 0.4) is 0 Å². The van der Waals surface area contributed by atoms with E-state index in [1.54, 1.807) is 6.20 Å². The van der Waals surface area contributed by atoms with Gasteiger partial charge in [0.1, 0.15) is 18.0 Å². The van der Waals surface area contributed by atoms with Gasteiger partial charge in [-0.2, -0.15) is 9.29 Å². The van der Waals surface area contributed by atoms with Crippen LogP contribution in [0, 0.1) is 6.92 Å². The minimum absolute atomic E-state index is 0.116. The van der Waals surface area contributed by atoms with Gasteiger partial charge in [0.2, 0.25) is 16.0 Å². The fraction of sp³-hybridized carbons (Fsp3) is 0.727. The third-order valence-electron chi connectivity index (χ3n) is 7.78. The zero-order chi connectivity index (χ0) is 22.9. The average Bonchev–Trinajstić information content (AvgIpc) is 3.50. The second kappa shape index (κ2) is 7.84. The van der Waals surface area contributed by atoms with Gasteiger partial charge in [-0.05, 0) is 51.5 Å². The number of alkyl halides is 2. The quantitative estimate of drug-likeness (QED) is 0.683. The van der Waals surface area contributed by atoms with Crippen molar-refractivity contribution in [1.82, 2.24) is 24.2 Å². The first-order valence-electron chi connectivity index (χ1n) is 12.0. The monoisotopic (exact) mass is 480 g/mol. The van der Waals surface area contributed by atoms with Crippen molar-refractivity contribution in [2.45, 2.75) is 87.2 Å². The Kier molecular flexibility index (Phi) is 5.15. The molecule has 11 heteroatoms. The van der Waals surface area contributed by atoms with E-state index in [1.165, 1.54) is 4.31 Å². The molecule has 0 radical (unpaired) electrons. The van der Waals surface area contributed by atoms with Gasteiger partial charge in [-0.25, -0.2) is 22.2 Å². The van der Waals surface area contributed by atoms with Gasteiger partial charge in [0.05, 0.1) is 17.3 Å². The number of aryl methyl sites for hydroxylation is 1. The lowest BCUT2D eigenvalue weighted by atomic mass is 9.97. The van der Waals surface area contributed by atoms with Crippen LogP contribution in [0.5, 0.6) is 0 Å². The van der Waals surface area contributed by atoms with Crippen molar-refractivity contribution in [3.05, 3.63) is 18.0 Å². The summed E-state index contributed by atoms with van der Waals surface area (Å²) in [5, 5.41) is 6.95. The molecular weight excluding hydrogens is 450 g/mol. The van der Waals surface area contributed by atoms with Gasteiger partial charge in [-0.15, -0.1) is 0 Å². The van der Waals surface area contributed by atoms with Crippen molar-refractivity contribution in [2.75, 3.05) is 18.4 Å². The Morgan fingerprint density at radius 2 is 2.00 bits per heavy atom. The number of anilines is 1.